The van der Waals surface area contributed by atoms with Gasteiger partial charge in [-0.15, -0.1) is 0 Å². The number of rotatable bonds is 4. The van der Waals surface area contributed by atoms with Crippen molar-refractivity contribution in [2.24, 2.45) is 0 Å². The second-order valence-corrected chi connectivity index (χ2v) is 7.92. The maximum atomic E-state index is 5.65. The molecule has 1 N–H and O–H groups in total. The molecule has 0 radical (unpaired) electrons. The summed E-state index contributed by atoms with van der Waals surface area (Å²) in [4.78, 5) is 6.89. The minimum absolute atomic E-state index is 0.373. The Labute approximate surface area is 119 Å². The zero-order valence-electron chi connectivity index (χ0n) is 11.8. The maximum Gasteiger partial charge on any atom is 0.297 e. The van der Waals surface area contributed by atoms with Gasteiger partial charge in [0.15, 0.2) is 0 Å². The van der Waals surface area contributed by atoms with E-state index in [1.54, 1.807) is 6.26 Å². The van der Waals surface area contributed by atoms with Gasteiger partial charge in [-0.05, 0) is 19.3 Å². The van der Waals surface area contributed by atoms with Gasteiger partial charge in [0.05, 0.1) is 5.69 Å². The van der Waals surface area contributed by atoms with Crippen LogP contribution in [-0.2, 0) is 6.54 Å². The van der Waals surface area contributed by atoms with E-state index in [4.69, 9.17) is 4.42 Å². The third-order valence-electron chi connectivity index (χ3n) is 3.80. The Morgan fingerprint density at radius 2 is 2.32 bits per heavy atom. The van der Waals surface area contributed by atoms with Crippen molar-refractivity contribution in [2.75, 3.05) is 23.7 Å². The highest BCUT2D eigenvalue weighted by molar-refractivity contribution is 8.00. The van der Waals surface area contributed by atoms with E-state index in [0.29, 0.717) is 4.75 Å². The van der Waals surface area contributed by atoms with Crippen LogP contribution in [0, 0.1) is 0 Å². The van der Waals surface area contributed by atoms with Crippen molar-refractivity contribution >= 4 is 17.8 Å². The molecule has 2 heterocycles. The van der Waals surface area contributed by atoms with E-state index >= 15 is 0 Å². The molecule has 1 aliphatic carbocycles. The summed E-state index contributed by atoms with van der Waals surface area (Å²) in [5.41, 5.74) is 1.03. The predicted octanol–water partition coefficient (Wildman–Crippen LogP) is 2.65. The fourth-order valence-corrected chi connectivity index (χ4v) is 3.37. The van der Waals surface area contributed by atoms with Crippen LogP contribution < -0.4 is 10.2 Å². The standard InChI is InChI=1S/C14H23N3OS/c1-14(2)5-6-17(7-8-19-14)13-16-12(10-18-13)9-15-11-3-4-11/h10-11,15H,3-9H2,1-2H3. The van der Waals surface area contributed by atoms with Crippen LogP contribution in [0.2, 0.25) is 0 Å². The number of nitrogens with zero attached hydrogens (tertiary/aromatic N) is 2. The van der Waals surface area contributed by atoms with Crippen LogP contribution >= 0.6 is 11.8 Å². The third-order valence-corrected chi connectivity index (χ3v) is 5.17. The molecule has 5 heteroatoms. The van der Waals surface area contributed by atoms with Crippen LogP contribution in [-0.4, -0.2) is 34.6 Å². The predicted molar refractivity (Wildman–Crippen MR) is 79.7 cm³/mol. The van der Waals surface area contributed by atoms with Crippen LogP contribution in [0.4, 0.5) is 6.01 Å². The Morgan fingerprint density at radius 1 is 1.47 bits per heavy atom. The molecule has 106 valence electrons. The molecule has 1 aromatic heterocycles. The highest BCUT2D eigenvalue weighted by atomic mass is 32.2. The second-order valence-electron chi connectivity index (χ2n) is 6.12. The fraction of sp³-hybridized carbons (Fsp3) is 0.786. The molecule has 2 aliphatic rings. The third kappa shape index (κ3) is 3.66. The summed E-state index contributed by atoms with van der Waals surface area (Å²) in [6, 6.07) is 1.52. The molecule has 0 atom stereocenters. The summed E-state index contributed by atoms with van der Waals surface area (Å²) in [6.07, 6.45) is 5.59. The molecular formula is C14H23N3OS. The Kier molecular flexibility index (Phi) is 3.76. The molecule has 0 unspecified atom stereocenters. The van der Waals surface area contributed by atoms with Crippen molar-refractivity contribution in [1.82, 2.24) is 10.3 Å². The molecule has 1 aliphatic heterocycles. The molecule has 3 rings (SSSR count). The van der Waals surface area contributed by atoms with Gasteiger partial charge in [0.25, 0.3) is 6.01 Å². The summed E-state index contributed by atoms with van der Waals surface area (Å²) in [6.45, 7) is 7.55. The monoisotopic (exact) mass is 281 g/mol. The molecule has 1 aromatic rings. The molecule has 0 spiro atoms. The van der Waals surface area contributed by atoms with E-state index in [1.165, 1.54) is 19.3 Å². The van der Waals surface area contributed by atoms with E-state index in [9.17, 15) is 0 Å². The SMILES string of the molecule is CC1(C)CCN(c2nc(CNC3CC3)co2)CCS1. The van der Waals surface area contributed by atoms with Crippen LogP contribution in [0.15, 0.2) is 10.7 Å². The second kappa shape index (κ2) is 5.37. The number of oxazole rings is 1. The Hall–Kier alpha value is -0.680. The Morgan fingerprint density at radius 3 is 3.11 bits per heavy atom. The van der Waals surface area contributed by atoms with E-state index in [1.807, 2.05) is 11.8 Å². The average molecular weight is 281 g/mol. The molecule has 1 saturated heterocycles. The molecule has 0 bridgehead atoms. The summed E-state index contributed by atoms with van der Waals surface area (Å²) >= 11 is 2.05. The quantitative estimate of drug-likeness (QED) is 0.919. The first-order valence-corrected chi connectivity index (χ1v) is 8.18. The normalized spacial score (nSPS) is 23.4. The van der Waals surface area contributed by atoms with E-state index in [2.05, 4.69) is 29.0 Å². The van der Waals surface area contributed by atoms with Gasteiger partial charge in [0.1, 0.15) is 6.26 Å². The van der Waals surface area contributed by atoms with Crippen molar-refractivity contribution in [3.05, 3.63) is 12.0 Å². The number of hydrogen-bond acceptors (Lipinski definition) is 5. The van der Waals surface area contributed by atoms with Gasteiger partial charge in [0, 0.05) is 36.2 Å². The number of hydrogen-bond donors (Lipinski definition) is 1. The summed E-state index contributed by atoms with van der Waals surface area (Å²) < 4.78 is 6.02. The number of nitrogens with one attached hydrogen (secondary N) is 1. The maximum absolute atomic E-state index is 5.65. The minimum Gasteiger partial charge on any atom is -0.432 e. The van der Waals surface area contributed by atoms with Gasteiger partial charge in [0.2, 0.25) is 0 Å². The van der Waals surface area contributed by atoms with Gasteiger partial charge < -0.3 is 14.6 Å². The lowest BCUT2D eigenvalue weighted by Gasteiger charge is -2.21. The van der Waals surface area contributed by atoms with Crippen molar-refractivity contribution in [1.29, 1.82) is 0 Å². The van der Waals surface area contributed by atoms with Crippen molar-refractivity contribution < 1.29 is 4.42 Å². The van der Waals surface area contributed by atoms with Crippen molar-refractivity contribution in [3.8, 4) is 0 Å². The largest absolute Gasteiger partial charge is 0.432 e. The van der Waals surface area contributed by atoms with Crippen LogP contribution in [0.3, 0.4) is 0 Å². The van der Waals surface area contributed by atoms with Gasteiger partial charge in [-0.1, -0.05) is 13.8 Å². The van der Waals surface area contributed by atoms with Crippen molar-refractivity contribution in [3.63, 3.8) is 0 Å². The molecule has 19 heavy (non-hydrogen) atoms. The number of anilines is 1. The van der Waals surface area contributed by atoms with Gasteiger partial charge >= 0.3 is 0 Å². The first-order chi connectivity index (χ1) is 9.12. The number of thioether (sulfide) groups is 1. The van der Waals surface area contributed by atoms with Crippen LogP contribution in [0.25, 0.3) is 0 Å². The molecule has 1 saturated carbocycles. The summed E-state index contributed by atoms with van der Waals surface area (Å²) in [5, 5.41) is 3.47. The lowest BCUT2D eigenvalue weighted by atomic mass is 10.1. The lowest BCUT2D eigenvalue weighted by molar-refractivity contribution is 0.525. The van der Waals surface area contributed by atoms with Gasteiger partial charge in [-0.3, -0.25) is 0 Å². The average Bonchev–Trinajstić information content (AvgIpc) is 3.11. The lowest BCUT2D eigenvalue weighted by Crippen LogP contribution is -2.27. The van der Waals surface area contributed by atoms with Gasteiger partial charge in [-0.25, -0.2) is 0 Å². The first-order valence-electron chi connectivity index (χ1n) is 7.19. The van der Waals surface area contributed by atoms with Crippen LogP contribution in [0.5, 0.6) is 0 Å². The zero-order chi connectivity index (χ0) is 13.3. The summed E-state index contributed by atoms with van der Waals surface area (Å²) in [5.74, 6) is 1.14. The first kappa shape index (κ1) is 13.3. The van der Waals surface area contributed by atoms with Crippen LogP contribution in [0.1, 0.15) is 38.8 Å². The van der Waals surface area contributed by atoms with E-state index in [-0.39, 0.29) is 0 Å². The smallest absolute Gasteiger partial charge is 0.297 e. The Bertz CT molecular complexity index is 428. The molecule has 2 fully saturated rings. The summed E-state index contributed by atoms with van der Waals surface area (Å²) in [7, 11) is 0. The molecular weight excluding hydrogens is 258 g/mol. The van der Waals surface area contributed by atoms with E-state index < -0.39 is 0 Å². The minimum atomic E-state index is 0.373. The molecule has 0 aromatic carbocycles. The van der Waals surface area contributed by atoms with Gasteiger partial charge in [-0.2, -0.15) is 16.7 Å². The number of aromatic nitrogens is 1. The zero-order valence-corrected chi connectivity index (χ0v) is 12.6. The highest BCUT2D eigenvalue weighted by Crippen LogP contribution is 2.32. The van der Waals surface area contributed by atoms with E-state index in [0.717, 1.165) is 43.1 Å². The molecule has 4 nitrogen and oxygen atoms in total. The Balaban J connectivity index is 1.58. The molecule has 0 amide bonds. The van der Waals surface area contributed by atoms with Crippen molar-refractivity contribution in [2.45, 2.75) is 50.4 Å². The highest BCUT2D eigenvalue weighted by Gasteiger charge is 2.26. The topological polar surface area (TPSA) is 41.3 Å². The fourth-order valence-electron chi connectivity index (χ4n) is 2.27.